The zero-order valence-electron chi connectivity index (χ0n) is 18.1. The minimum atomic E-state index is -0.136. The molecule has 2 aliphatic heterocycles. The number of nitrogens with zero attached hydrogens (tertiary/aromatic N) is 6. The van der Waals surface area contributed by atoms with Gasteiger partial charge in [-0.05, 0) is 38.7 Å². The predicted octanol–water partition coefficient (Wildman–Crippen LogP) is 3.24. The van der Waals surface area contributed by atoms with Gasteiger partial charge in [0.25, 0.3) is 5.91 Å². The topological polar surface area (TPSA) is 102 Å². The maximum atomic E-state index is 12.9. The minimum absolute atomic E-state index is 0.136. The number of nitrogens with one attached hydrogen (secondary N) is 2. The molecular formula is C22H26N8O. The van der Waals surface area contributed by atoms with Crippen molar-refractivity contribution in [3.05, 3.63) is 36.3 Å². The van der Waals surface area contributed by atoms with Gasteiger partial charge in [0.05, 0.1) is 11.9 Å². The SMILES string of the molecule is CNc1cc(-c2cnc3nn(C(C)C)ccc2-3)nc2c(C(=O)NC3CC[C@H]3C)cnn12. The summed E-state index contributed by atoms with van der Waals surface area (Å²) in [5.41, 5.74) is 3.50. The molecule has 1 amide bonds. The Morgan fingerprint density at radius 1 is 1.23 bits per heavy atom. The van der Waals surface area contributed by atoms with Gasteiger partial charge < -0.3 is 10.6 Å². The van der Waals surface area contributed by atoms with Crippen molar-refractivity contribution in [1.29, 1.82) is 0 Å². The smallest absolute Gasteiger partial charge is 0.256 e. The van der Waals surface area contributed by atoms with Crippen molar-refractivity contribution < 1.29 is 4.79 Å². The minimum Gasteiger partial charge on any atom is -0.373 e. The van der Waals surface area contributed by atoms with E-state index in [1.807, 2.05) is 30.1 Å². The monoisotopic (exact) mass is 418 g/mol. The molecule has 9 nitrogen and oxygen atoms in total. The van der Waals surface area contributed by atoms with Crippen LogP contribution in [-0.2, 0) is 0 Å². The highest BCUT2D eigenvalue weighted by Crippen LogP contribution is 2.33. The zero-order chi connectivity index (χ0) is 21.7. The lowest BCUT2D eigenvalue weighted by atomic mass is 9.81. The highest BCUT2D eigenvalue weighted by Gasteiger charge is 2.29. The van der Waals surface area contributed by atoms with E-state index in [0.717, 1.165) is 35.5 Å². The Labute approximate surface area is 180 Å². The van der Waals surface area contributed by atoms with Crippen molar-refractivity contribution >= 4 is 17.4 Å². The van der Waals surface area contributed by atoms with Crippen LogP contribution in [0.3, 0.4) is 0 Å². The maximum absolute atomic E-state index is 12.9. The molecule has 3 aliphatic rings. The number of carbonyl (C=O) groups is 1. The van der Waals surface area contributed by atoms with Crippen LogP contribution in [0.15, 0.2) is 30.7 Å². The Kier molecular flexibility index (Phi) is 4.60. The van der Waals surface area contributed by atoms with Crippen molar-refractivity contribution in [3.8, 4) is 22.6 Å². The van der Waals surface area contributed by atoms with Crippen LogP contribution < -0.4 is 10.6 Å². The summed E-state index contributed by atoms with van der Waals surface area (Å²) in [6.45, 7) is 6.31. The second-order valence-corrected chi connectivity index (χ2v) is 8.50. The lowest BCUT2D eigenvalue weighted by molar-refractivity contribution is 0.0886. The van der Waals surface area contributed by atoms with Gasteiger partial charge in [0, 0.05) is 48.7 Å². The van der Waals surface area contributed by atoms with Crippen molar-refractivity contribution in [1.82, 2.24) is 34.7 Å². The van der Waals surface area contributed by atoms with Crippen molar-refractivity contribution in [2.24, 2.45) is 5.92 Å². The molecule has 1 aliphatic carbocycles. The van der Waals surface area contributed by atoms with Crippen LogP contribution in [0.4, 0.5) is 5.82 Å². The number of carbonyl (C=O) groups excluding carboxylic acids is 1. The molecule has 2 N–H and O–H groups in total. The number of anilines is 1. The van der Waals surface area contributed by atoms with Crippen LogP contribution in [-0.4, -0.2) is 48.4 Å². The van der Waals surface area contributed by atoms with Gasteiger partial charge in [-0.1, -0.05) is 6.92 Å². The van der Waals surface area contributed by atoms with Crippen molar-refractivity contribution in [2.45, 2.75) is 45.7 Å². The third-order valence-corrected chi connectivity index (χ3v) is 6.17. The van der Waals surface area contributed by atoms with E-state index in [2.05, 4.69) is 46.6 Å². The quantitative estimate of drug-likeness (QED) is 0.516. The fraction of sp³-hybridized carbons (Fsp3) is 0.409. The van der Waals surface area contributed by atoms with Crippen LogP contribution >= 0.6 is 0 Å². The van der Waals surface area contributed by atoms with E-state index < -0.39 is 0 Å². The van der Waals surface area contributed by atoms with Gasteiger partial charge in [-0.3, -0.25) is 9.48 Å². The van der Waals surface area contributed by atoms with E-state index in [-0.39, 0.29) is 18.0 Å². The molecule has 2 aromatic rings. The summed E-state index contributed by atoms with van der Waals surface area (Å²) >= 11 is 0. The van der Waals surface area contributed by atoms with Gasteiger partial charge in [0.1, 0.15) is 11.4 Å². The summed E-state index contributed by atoms with van der Waals surface area (Å²) in [7, 11) is 1.82. The summed E-state index contributed by atoms with van der Waals surface area (Å²) in [4.78, 5) is 22.2. The molecule has 0 bridgehead atoms. The van der Waals surface area contributed by atoms with Crippen molar-refractivity contribution in [3.63, 3.8) is 0 Å². The molecule has 1 fully saturated rings. The van der Waals surface area contributed by atoms with Gasteiger partial charge in [0.15, 0.2) is 11.5 Å². The normalized spacial score (nSPS) is 18.5. The average Bonchev–Trinajstić information content (AvgIpc) is 3.39. The second-order valence-electron chi connectivity index (χ2n) is 8.50. The Morgan fingerprint density at radius 2 is 2.06 bits per heavy atom. The van der Waals surface area contributed by atoms with E-state index in [9.17, 15) is 4.79 Å². The molecule has 0 radical (unpaired) electrons. The molecule has 2 atom stereocenters. The highest BCUT2D eigenvalue weighted by molar-refractivity contribution is 6.00. The molecule has 160 valence electrons. The van der Waals surface area contributed by atoms with Gasteiger partial charge >= 0.3 is 0 Å². The van der Waals surface area contributed by atoms with E-state index >= 15 is 0 Å². The molecule has 9 heteroatoms. The van der Waals surface area contributed by atoms with Crippen molar-refractivity contribution in [2.75, 3.05) is 12.4 Å². The number of hydrogen-bond acceptors (Lipinski definition) is 6. The van der Waals surface area contributed by atoms with Crippen LogP contribution in [0.1, 0.15) is 50.0 Å². The molecule has 0 aromatic carbocycles. The molecule has 1 saturated carbocycles. The first-order chi connectivity index (χ1) is 15.0. The van der Waals surface area contributed by atoms with Crippen LogP contribution in [0.2, 0.25) is 0 Å². The van der Waals surface area contributed by atoms with E-state index in [0.29, 0.717) is 23.0 Å². The number of fused-ring (bicyclic) bond motifs is 2. The summed E-state index contributed by atoms with van der Waals surface area (Å²) in [5, 5.41) is 15.3. The van der Waals surface area contributed by atoms with Gasteiger partial charge in [-0.15, -0.1) is 0 Å². The van der Waals surface area contributed by atoms with Gasteiger partial charge in [-0.2, -0.15) is 14.7 Å². The third kappa shape index (κ3) is 3.20. The molecule has 1 unspecified atom stereocenters. The van der Waals surface area contributed by atoms with Crippen LogP contribution in [0.5, 0.6) is 0 Å². The molecule has 2 aromatic heterocycles. The number of rotatable bonds is 5. The predicted molar refractivity (Wildman–Crippen MR) is 118 cm³/mol. The Morgan fingerprint density at radius 3 is 2.74 bits per heavy atom. The molecule has 31 heavy (non-hydrogen) atoms. The first kappa shape index (κ1) is 19.5. The summed E-state index contributed by atoms with van der Waals surface area (Å²) < 4.78 is 3.54. The first-order valence-corrected chi connectivity index (χ1v) is 10.7. The lowest BCUT2D eigenvalue weighted by Gasteiger charge is -2.34. The highest BCUT2D eigenvalue weighted by atomic mass is 16.1. The van der Waals surface area contributed by atoms with Crippen LogP contribution in [0.25, 0.3) is 28.3 Å². The Bertz CT molecular complexity index is 1240. The van der Waals surface area contributed by atoms with Gasteiger partial charge in [-0.25, -0.2) is 9.97 Å². The van der Waals surface area contributed by atoms with E-state index in [1.165, 1.54) is 0 Å². The summed E-state index contributed by atoms with van der Waals surface area (Å²) in [5.74, 6) is 1.78. The molecule has 5 rings (SSSR count). The molecular weight excluding hydrogens is 392 g/mol. The van der Waals surface area contributed by atoms with E-state index in [1.54, 1.807) is 16.9 Å². The van der Waals surface area contributed by atoms with Crippen LogP contribution in [0, 0.1) is 5.92 Å². The number of aromatic nitrogens is 6. The number of hydrogen-bond donors (Lipinski definition) is 2. The average molecular weight is 419 g/mol. The largest absolute Gasteiger partial charge is 0.373 e. The van der Waals surface area contributed by atoms with E-state index in [4.69, 9.17) is 4.98 Å². The standard InChI is InChI=1S/C22H26N8O/c1-12(2)29-8-7-14-15(10-24-20(14)28-29)18-9-19(23-4)30-21(26-18)16(11-25-30)22(31)27-17-6-5-13(17)3/h7-13,17,23H,5-6H2,1-4H3,(H,27,31)/t13-,17?/m1/s1. The zero-order valence-corrected chi connectivity index (χ0v) is 18.1. The fourth-order valence-electron chi connectivity index (χ4n) is 3.98. The third-order valence-electron chi connectivity index (χ3n) is 6.17. The maximum Gasteiger partial charge on any atom is 0.256 e. The lowest BCUT2D eigenvalue weighted by Crippen LogP contribution is -2.45. The molecule has 0 saturated heterocycles. The Hall–Kier alpha value is -3.49. The second kappa shape index (κ2) is 7.33. The molecule has 4 heterocycles. The first-order valence-electron chi connectivity index (χ1n) is 10.7. The Balaban J connectivity index is 1.58. The summed E-state index contributed by atoms with van der Waals surface area (Å²) in [6.07, 6.45) is 7.48. The fourth-order valence-corrected chi connectivity index (χ4v) is 3.98. The molecule has 0 spiro atoms. The number of amides is 1. The summed E-state index contributed by atoms with van der Waals surface area (Å²) in [6, 6.07) is 4.39. The van der Waals surface area contributed by atoms with Gasteiger partial charge in [0.2, 0.25) is 0 Å².